The first-order valence-electron chi connectivity index (χ1n) is 14.7. The molecule has 8 heteroatoms. The lowest BCUT2D eigenvalue weighted by atomic mass is 9.80. The fourth-order valence-corrected chi connectivity index (χ4v) is 6.14. The van der Waals surface area contributed by atoms with E-state index in [-0.39, 0.29) is 36.9 Å². The number of hydrogen-bond donors (Lipinski definition) is 3. The smallest absolute Gasteiger partial charge is 0.407 e. The predicted octanol–water partition coefficient (Wildman–Crippen LogP) is 5.51. The molecule has 0 aromatic heterocycles. The molecule has 4 unspecified atom stereocenters. The summed E-state index contributed by atoms with van der Waals surface area (Å²) in [6.45, 7) is 2.56. The first-order chi connectivity index (χ1) is 20.4. The Morgan fingerprint density at radius 3 is 2.21 bits per heavy atom. The van der Waals surface area contributed by atoms with Gasteiger partial charge in [-0.3, -0.25) is 4.79 Å². The van der Waals surface area contributed by atoms with Crippen molar-refractivity contribution >= 4 is 18.0 Å². The van der Waals surface area contributed by atoms with E-state index in [9.17, 15) is 19.5 Å². The van der Waals surface area contributed by atoms with Crippen molar-refractivity contribution in [1.82, 2.24) is 10.6 Å². The number of aliphatic carboxylic acids is 1. The standard InChI is InChI=1S/C34H38N2O6/c1-22(41-20-23-10-3-2-4-11-23)31(33(38)39)36-32(37)25-13-9-12-24(18-25)19-35-34(40)42-21-30-28-16-7-5-14-26(28)27-15-6-8-17-29(27)30/h2-8,10-11,14-17,22,24-25,30-31H,9,12-13,18-21H2,1H3,(H,35,40)(H,36,37)(H,38,39). The van der Waals surface area contributed by atoms with Crippen molar-refractivity contribution < 1.29 is 29.0 Å². The van der Waals surface area contributed by atoms with Gasteiger partial charge in [-0.2, -0.15) is 0 Å². The third-order valence-corrected chi connectivity index (χ3v) is 8.42. The zero-order valence-electron chi connectivity index (χ0n) is 23.8. The molecule has 42 heavy (non-hydrogen) atoms. The second-order valence-electron chi connectivity index (χ2n) is 11.3. The highest BCUT2D eigenvalue weighted by Crippen LogP contribution is 2.44. The second kappa shape index (κ2) is 13.7. The molecule has 3 N–H and O–H groups in total. The van der Waals surface area contributed by atoms with Crippen LogP contribution >= 0.6 is 0 Å². The Labute approximate surface area is 246 Å². The largest absolute Gasteiger partial charge is 0.480 e. The van der Waals surface area contributed by atoms with Crippen LogP contribution in [-0.2, 0) is 25.7 Å². The number of carbonyl (C=O) groups excluding carboxylic acids is 2. The Morgan fingerprint density at radius 2 is 1.55 bits per heavy atom. The summed E-state index contributed by atoms with van der Waals surface area (Å²) < 4.78 is 11.4. The van der Waals surface area contributed by atoms with E-state index in [1.165, 1.54) is 11.1 Å². The van der Waals surface area contributed by atoms with Crippen molar-refractivity contribution in [3.05, 3.63) is 95.6 Å². The fourth-order valence-electron chi connectivity index (χ4n) is 6.14. The van der Waals surface area contributed by atoms with Gasteiger partial charge in [-0.05, 0) is 59.9 Å². The Balaban J connectivity index is 1.08. The SMILES string of the molecule is CC(OCc1ccccc1)C(NC(=O)C1CCCC(CNC(=O)OCC2c3ccccc3-c3ccccc32)C1)C(=O)O. The molecule has 8 nitrogen and oxygen atoms in total. The Hall–Kier alpha value is -4.17. The molecule has 0 heterocycles. The van der Waals surface area contributed by atoms with E-state index < -0.39 is 24.2 Å². The summed E-state index contributed by atoms with van der Waals surface area (Å²) in [5.41, 5.74) is 5.60. The Kier molecular flexibility index (Phi) is 9.54. The maximum atomic E-state index is 13.1. The number of benzene rings is 3. The number of ether oxygens (including phenoxy) is 2. The van der Waals surface area contributed by atoms with E-state index >= 15 is 0 Å². The van der Waals surface area contributed by atoms with Crippen molar-refractivity contribution in [2.75, 3.05) is 13.2 Å². The molecule has 3 aromatic carbocycles. The van der Waals surface area contributed by atoms with E-state index in [2.05, 4.69) is 34.9 Å². The average Bonchev–Trinajstić information content (AvgIpc) is 3.34. The molecule has 1 fully saturated rings. The van der Waals surface area contributed by atoms with Gasteiger partial charge in [0.2, 0.25) is 5.91 Å². The van der Waals surface area contributed by atoms with Crippen LogP contribution < -0.4 is 10.6 Å². The summed E-state index contributed by atoms with van der Waals surface area (Å²) in [6, 6.07) is 24.7. The molecule has 0 bridgehead atoms. The monoisotopic (exact) mass is 570 g/mol. The van der Waals surface area contributed by atoms with Gasteiger partial charge in [0.1, 0.15) is 6.61 Å². The van der Waals surface area contributed by atoms with Gasteiger partial charge in [-0.1, -0.05) is 85.3 Å². The average molecular weight is 571 g/mol. The quantitative estimate of drug-likeness (QED) is 0.280. The summed E-state index contributed by atoms with van der Waals surface area (Å²) in [6.07, 6.45) is 1.78. The maximum Gasteiger partial charge on any atom is 0.407 e. The number of alkyl carbamates (subject to hydrolysis) is 1. The number of nitrogens with one attached hydrogen (secondary N) is 2. The molecule has 2 amide bonds. The normalized spacial score (nSPS) is 19.2. The number of fused-ring (bicyclic) bond motifs is 3. The molecule has 220 valence electrons. The number of hydrogen-bond acceptors (Lipinski definition) is 5. The predicted molar refractivity (Wildman–Crippen MR) is 159 cm³/mol. The van der Waals surface area contributed by atoms with Crippen molar-refractivity contribution in [3.63, 3.8) is 0 Å². The minimum atomic E-state index is -1.15. The van der Waals surface area contributed by atoms with Gasteiger partial charge in [-0.15, -0.1) is 0 Å². The first-order valence-corrected chi connectivity index (χ1v) is 14.7. The van der Waals surface area contributed by atoms with Crippen LogP contribution in [0.2, 0.25) is 0 Å². The van der Waals surface area contributed by atoms with E-state index in [1.54, 1.807) is 6.92 Å². The van der Waals surface area contributed by atoms with Crippen molar-refractivity contribution in [2.24, 2.45) is 11.8 Å². The van der Waals surface area contributed by atoms with Crippen LogP contribution in [0.5, 0.6) is 0 Å². The lowest BCUT2D eigenvalue weighted by Crippen LogP contribution is -2.51. The molecule has 4 atom stereocenters. The highest BCUT2D eigenvalue weighted by molar-refractivity contribution is 5.85. The van der Waals surface area contributed by atoms with Crippen LogP contribution in [0.15, 0.2) is 78.9 Å². The van der Waals surface area contributed by atoms with Crippen molar-refractivity contribution in [3.8, 4) is 11.1 Å². The molecule has 1 saturated carbocycles. The highest BCUT2D eigenvalue weighted by atomic mass is 16.5. The van der Waals surface area contributed by atoms with Gasteiger partial charge in [0.05, 0.1) is 12.7 Å². The number of carbonyl (C=O) groups is 3. The maximum absolute atomic E-state index is 13.1. The van der Waals surface area contributed by atoms with Crippen LogP contribution in [0.25, 0.3) is 11.1 Å². The third-order valence-electron chi connectivity index (χ3n) is 8.42. The molecule has 0 spiro atoms. The van der Waals surface area contributed by atoms with Crippen molar-refractivity contribution in [1.29, 1.82) is 0 Å². The van der Waals surface area contributed by atoms with Gasteiger partial charge in [0.25, 0.3) is 0 Å². The number of rotatable bonds is 11. The first kappa shape index (κ1) is 29.3. The molecular formula is C34H38N2O6. The number of carboxylic acids is 1. The molecule has 0 saturated heterocycles. The summed E-state index contributed by atoms with van der Waals surface area (Å²) in [5, 5.41) is 15.4. The van der Waals surface area contributed by atoms with Crippen LogP contribution in [0.3, 0.4) is 0 Å². The van der Waals surface area contributed by atoms with E-state index in [4.69, 9.17) is 9.47 Å². The molecule has 0 aliphatic heterocycles. The lowest BCUT2D eigenvalue weighted by molar-refractivity contribution is -0.147. The van der Waals surface area contributed by atoms with Crippen LogP contribution in [0.1, 0.15) is 55.2 Å². The number of carboxylic acid groups (broad SMARTS) is 1. The van der Waals surface area contributed by atoms with E-state index in [1.807, 2.05) is 54.6 Å². The van der Waals surface area contributed by atoms with Crippen LogP contribution in [-0.4, -0.2) is 48.4 Å². The fraction of sp³-hybridized carbons (Fsp3) is 0.382. The minimum absolute atomic E-state index is 0.00727. The Morgan fingerprint density at radius 1 is 0.905 bits per heavy atom. The second-order valence-corrected chi connectivity index (χ2v) is 11.3. The van der Waals surface area contributed by atoms with Gasteiger partial charge in [0.15, 0.2) is 6.04 Å². The van der Waals surface area contributed by atoms with Crippen LogP contribution in [0.4, 0.5) is 4.79 Å². The highest BCUT2D eigenvalue weighted by Gasteiger charge is 2.33. The Bertz CT molecular complexity index is 1350. The molecule has 3 aromatic rings. The lowest BCUT2D eigenvalue weighted by Gasteiger charge is -2.30. The number of amides is 2. The van der Waals surface area contributed by atoms with Gasteiger partial charge >= 0.3 is 12.1 Å². The summed E-state index contributed by atoms with van der Waals surface area (Å²) >= 11 is 0. The van der Waals surface area contributed by atoms with E-state index in [0.29, 0.717) is 19.4 Å². The molecular weight excluding hydrogens is 532 g/mol. The van der Waals surface area contributed by atoms with Gasteiger partial charge < -0.3 is 25.2 Å². The zero-order chi connectivity index (χ0) is 29.5. The topological polar surface area (TPSA) is 114 Å². The van der Waals surface area contributed by atoms with Gasteiger partial charge in [0, 0.05) is 18.4 Å². The molecule has 2 aliphatic rings. The zero-order valence-corrected chi connectivity index (χ0v) is 23.8. The summed E-state index contributed by atoms with van der Waals surface area (Å²) in [5.74, 6) is -1.65. The van der Waals surface area contributed by atoms with Crippen LogP contribution in [0, 0.1) is 11.8 Å². The molecule has 0 radical (unpaired) electrons. The van der Waals surface area contributed by atoms with Crippen molar-refractivity contribution in [2.45, 2.75) is 57.3 Å². The third kappa shape index (κ3) is 6.99. The van der Waals surface area contributed by atoms with Gasteiger partial charge in [-0.25, -0.2) is 9.59 Å². The molecule has 2 aliphatic carbocycles. The minimum Gasteiger partial charge on any atom is -0.480 e. The summed E-state index contributed by atoms with van der Waals surface area (Å²) in [7, 11) is 0. The van der Waals surface area contributed by atoms with E-state index in [0.717, 1.165) is 29.5 Å². The summed E-state index contributed by atoms with van der Waals surface area (Å²) in [4.78, 5) is 37.7. The molecule has 5 rings (SSSR count).